The monoisotopic (exact) mass is 402 g/mol. The Bertz CT molecular complexity index is 939. The second-order valence-corrected chi connectivity index (χ2v) is 7.24. The molecule has 1 atom stereocenters. The molecule has 3 aromatic rings. The second kappa shape index (κ2) is 7.89. The minimum Gasteiger partial charge on any atom is -0.481 e. The summed E-state index contributed by atoms with van der Waals surface area (Å²) in [7, 11) is 0. The van der Waals surface area contributed by atoms with Gasteiger partial charge in [-0.2, -0.15) is 0 Å². The Labute approximate surface area is 167 Å². The minimum atomic E-state index is -0.489. The molecule has 0 saturated carbocycles. The maximum atomic E-state index is 13.1. The average molecular weight is 403 g/mol. The Morgan fingerprint density at radius 3 is 2.50 bits per heavy atom. The Morgan fingerprint density at radius 1 is 1.07 bits per heavy atom. The van der Waals surface area contributed by atoms with Gasteiger partial charge in [-0.15, -0.1) is 10.2 Å². The predicted molar refractivity (Wildman–Crippen MR) is 102 cm³/mol. The molecule has 146 valence electrons. The molecule has 0 N–H and O–H groups in total. The van der Waals surface area contributed by atoms with Gasteiger partial charge in [0.2, 0.25) is 5.89 Å². The van der Waals surface area contributed by atoms with Gasteiger partial charge in [-0.3, -0.25) is 0 Å². The summed E-state index contributed by atoms with van der Waals surface area (Å²) in [5, 5.41) is 9.21. The highest BCUT2D eigenvalue weighted by Gasteiger charge is 2.43. The highest BCUT2D eigenvalue weighted by molar-refractivity contribution is 6.31. The van der Waals surface area contributed by atoms with Crippen LogP contribution in [0.3, 0.4) is 0 Å². The molecule has 2 heterocycles. The van der Waals surface area contributed by atoms with Gasteiger partial charge >= 0.3 is 0 Å². The second-order valence-electron chi connectivity index (χ2n) is 6.83. The quantitative estimate of drug-likeness (QED) is 0.594. The van der Waals surface area contributed by atoms with Crippen LogP contribution in [-0.2, 0) is 10.2 Å². The summed E-state index contributed by atoms with van der Waals surface area (Å²) in [5.41, 5.74) is 0.472. The van der Waals surface area contributed by atoms with Gasteiger partial charge in [0.05, 0.1) is 5.41 Å². The van der Waals surface area contributed by atoms with Crippen molar-refractivity contribution in [3.05, 3.63) is 76.7 Å². The maximum absolute atomic E-state index is 13.1. The van der Waals surface area contributed by atoms with Crippen LogP contribution in [-0.4, -0.2) is 23.4 Å². The third-order valence-electron chi connectivity index (χ3n) is 5.06. The van der Waals surface area contributed by atoms with Crippen LogP contribution in [0.25, 0.3) is 0 Å². The molecule has 0 amide bonds. The summed E-state index contributed by atoms with van der Waals surface area (Å²) in [5.74, 6) is 1.08. The number of rotatable bonds is 5. The van der Waals surface area contributed by atoms with Crippen molar-refractivity contribution in [2.75, 3.05) is 13.2 Å². The first-order valence-corrected chi connectivity index (χ1v) is 9.55. The standard InChI is InChI=1S/C21H20ClFN2O3/c1-14(27-16-8-6-15(23)7-9-16)19-24-25-20(28-19)21(10-12-26-13-11-21)17-4-2-3-5-18(17)22/h2-9,14H,10-13H2,1H3. The van der Waals surface area contributed by atoms with Crippen LogP contribution >= 0.6 is 11.6 Å². The summed E-state index contributed by atoms with van der Waals surface area (Å²) >= 11 is 6.50. The molecule has 1 aliphatic rings. The molecular formula is C21H20ClFN2O3. The lowest BCUT2D eigenvalue weighted by atomic mass is 9.74. The molecule has 1 aliphatic heterocycles. The van der Waals surface area contributed by atoms with Crippen LogP contribution < -0.4 is 4.74 Å². The van der Waals surface area contributed by atoms with Gasteiger partial charge < -0.3 is 13.9 Å². The van der Waals surface area contributed by atoms with E-state index < -0.39 is 11.5 Å². The van der Waals surface area contributed by atoms with E-state index in [9.17, 15) is 4.39 Å². The molecule has 0 aliphatic carbocycles. The highest BCUT2D eigenvalue weighted by Crippen LogP contribution is 2.43. The normalized spacial score (nSPS) is 17.2. The van der Waals surface area contributed by atoms with Crippen molar-refractivity contribution in [2.45, 2.75) is 31.3 Å². The van der Waals surface area contributed by atoms with Crippen molar-refractivity contribution in [1.82, 2.24) is 10.2 Å². The number of hydrogen-bond acceptors (Lipinski definition) is 5. The van der Waals surface area contributed by atoms with Gasteiger partial charge in [-0.25, -0.2) is 4.39 Å². The SMILES string of the molecule is CC(Oc1ccc(F)cc1)c1nnc(C2(c3ccccc3Cl)CCOCC2)o1. The zero-order valence-electron chi connectivity index (χ0n) is 15.4. The van der Waals surface area contributed by atoms with E-state index in [2.05, 4.69) is 10.2 Å². The fraction of sp³-hybridized carbons (Fsp3) is 0.333. The van der Waals surface area contributed by atoms with Crippen LogP contribution in [0.1, 0.15) is 43.2 Å². The minimum absolute atomic E-state index is 0.318. The summed E-state index contributed by atoms with van der Waals surface area (Å²) in [6, 6.07) is 13.5. The molecule has 1 aromatic heterocycles. The van der Waals surface area contributed by atoms with E-state index >= 15 is 0 Å². The predicted octanol–water partition coefficient (Wildman–Crippen LogP) is 5.10. The molecule has 4 rings (SSSR count). The zero-order valence-corrected chi connectivity index (χ0v) is 16.2. The molecule has 0 spiro atoms. The van der Waals surface area contributed by atoms with Crippen LogP contribution in [0.15, 0.2) is 52.9 Å². The first-order valence-electron chi connectivity index (χ1n) is 9.17. The number of halogens is 2. The molecule has 1 fully saturated rings. The number of nitrogens with zero attached hydrogens (tertiary/aromatic N) is 2. The van der Waals surface area contributed by atoms with Crippen molar-refractivity contribution in [3.8, 4) is 5.75 Å². The van der Waals surface area contributed by atoms with Crippen molar-refractivity contribution >= 4 is 11.6 Å². The number of ether oxygens (including phenoxy) is 2. The summed E-state index contributed by atoms with van der Waals surface area (Å²) in [6.45, 7) is 2.99. The Morgan fingerprint density at radius 2 is 1.79 bits per heavy atom. The molecule has 7 heteroatoms. The molecule has 0 radical (unpaired) electrons. The van der Waals surface area contributed by atoms with E-state index in [0.29, 0.717) is 48.6 Å². The molecule has 1 unspecified atom stereocenters. The van der Waals surface area contributed by atoms with E-state index in [1.54, 1.807) is 12.1 Å². The molecule has 2 aromatic carbocycles. The van der Waals surface area contributed by atoms with Gasteiger partial charge in [0, 0.05) is 18.2 Å². The van der Waals surface area contributed by atoms with E-state index in [4.69, 9.17) is 25.5 Å². The van der Waals surface area contributed by atoms with Gasteiger partial charge in [0.25, 0.3) is 5.89 Å². The molecule has 0 bridgehead atoms. The molecule has 5 nitrogen and oxygen atoms in total. The third kappa shape index (κ3) is 3.62. The molecule has 28 heavy (non-hydrogen) atoms. The lowest BCUT2D eigenvalue weighted by Gasteiger charge is -2.35. The van der Waals surface area contributed by atoms with Crippen molar-refractivity contribution in [2.24, 2.45) is 0 Å². The van der Waals surface area contributed by atoms with Crippen LogP contribution in [0.4, 0.5) is 4.39 Å². The van der Waals surface area contributed by atoms with Crippen molar-refractivity contribution in [3.63, 3.8) is 0 Å². The highest BCUT2D eigenvalue weighted by atomic mass is 35.5. The van der Waals surface area contributed by atoms with Crippen molar-refractivity contribution in [1.29, 1.82) is 0 Å². The number of benzene rings is 2. The fourth-order valence-electron chi connectivity index (χ4n) is 3.53. The first-order chi connectivity index (χ1) is 13.6. The maximum Gasteiger partial charge on any atom is 0.256 e. The number of aromatic nitrogens is 2. The third-order valence-corrected chi connectivity index (χ3v) is 5.39. The zero-order chi connectivity index (χ0) is 19.6. The largest absolute Gasteiger partial charge is 0.481 e. The Hall–Kier alpha value is -2.44. The summed E-state index contributed by atoms with van der Waals surface area (Å²) < 4.78 is 30.5. The topological polar surface area (TPSA) is 57.4 Å². The molecular weight excluding hydrogens is 383 g/mol. The van der Waals surface area contributed by atoms with Crippen LogP contribution in [0.5, 0.6) is 5.75 Å². The van der Waals surface area contributed by atoms with Crippen LogP contribution in [0, 0.1) is 5.82 Å². The smallest absolute Gasteiger partial charge is 0.256 e. The average Bonchev–Trinajstić information content (AvgIpc) is 3.22. The Kier molecular flexibility index (Phi) is 5.33. The fourth-order valence-corrected chi connectivity index (χ4v) is 3.84. The Balaban J connectivity index is 1.63. The van der Waals surface area contributed by atoms with E-state index in [0.717, 1.165) is 5.56 Å². The number of hydrogen-bond donors (Lipinski definition) is 0. The molecule has 1 saturated heterocycles. The summed E-state index contributed by atoms with van der Waals surface area (Å²) in [4.78, 5) is 0. The lowest BCUT2D eigenvalue weighted by molar-refractivity contribution is 0.0531. The van der Waals surface area contributed by atoms with E-state index in [1.807, 2.05) is 31.2 Å². The summed E-state index contributed by atoms with van der Waals surface area (Å²) in [6.07, 6.45) is 0.923. The van der Waals surface area contributed by atoms with Gasteiger partial charge in [0.15, 0.2) is 6.10 Å². The van der Waals surface area contributed by atoms with Crippen molar-refractivity contribution < 1.29 is 18.3 Å². The van der Waals surface area contributed by atoms with Gasteiger partial charge in [-0.1, -0.05) is 29.8 Å². The first kappa shape index (κ1) is 18.9. The van der Waals surface area contributed by atoms with Crippen LogP contribution in [0.2, 0.25) is 5.02 Å². The van der Waals surface area contributed by atoms with E-state index in [-0.39, 0.29) is 5.82 Å². The van der Waals surface area contributed by atoms with Gasteiger partial charge in [0.1, 0.15) is 11.6 Å². The van der Waals surface area contributed by atoms with E-state index in [1.165, 1.54) is 12.1 Å². The van der Waals surface area contributed by atoms with Gasteiger partial charge in [-0.05, 0) is 55.7 Å². The lowest BCUT2D eigenvalue weighted by Crippen LogP contribution is -2.35.